The van der Waals surface area contributed by atoms with Crippen LogP contribution < -0.4 is 4.74 Å². The zero-order valence-electron chi connectivity index (χ0n) is 12.9. The van der Waals surface area contributed by atoms with E-state index in [9.17, 15) is 23.1 Å². The molecular weight excluding hydrogens is 313 g/mol. The first-order chi connectivity index (χ1) is 10.6. The lowest BCUT2D eigenvalue weighted by molar-refractivity contribution is -0.297. The maximum absolute atomic E-state index is 13.3. The van der Waals surface area contributed by atoms with Gasteiger partial charge in [0.2, 0.25) is 0 Å². The van der Waals surface area contributed by atoms with E-state index in [1.807, 2.05) is 0 Å². The van der Waals surface area contributed by atoms with Gasteiger partial charge in [0.05, 0.1) is 7.11 Å². The molecule has 1 aromatic carbocycles. The molecule has 1 amide bonds. The second kappa shape index (κ2) is 5.84. The topological polar surface area (TPSA) is 62.1 Å². The molecule has 8 heteroatoms. The molecule has 0 spiro atoms. The highest BCUT2D eigenvalue weighted by atomic mass is 19.4. The fraction of sp³-hybridized carbons (Fsp3) is 0.467. The minimum Gasteiger partial charge on any atom is -0.497 e. The molecule has 0 radical (unpaired) electrons. The Morgan fingerprint density at radius 3 is 2.35 bits per heavy atom. The zero-order chi connectivity index (χ0) is 17.4. The Morgan fingerprint density at radius 2 is 1.91 bits per heavy atom. The number of hydrogen-bond acceptors (Lipinski definition) is 4. The van der Waals surface area contributed by atoms with Gasteiger partial charge in [0.25, 0.3) is 11.6 Å². The SMILES string of the molecule is COc1ccc(C(=O)N2N=C(C(C)C)C[C@@]2(O)C(F)(F)F)cc1. The average molecular weight is 330 g/mol. The molecule has 1 atom stereocenters. The van der Waals surface area contributed by atoms with E-state index >= 15 is 0 Å². The van der Waals surface area contributed by atoms with Crippen LogP contribution in [0, 0.1) is 5.92 Å². The van der Waals surface area contributed by atoms with Gasteiger partial charge >= 0.3 is 6.18 Å². The van der Waals surface area contributed by atoms with Crippen LogP contribution in [0.3, 0.4) is 0 Å². The van der Waals surface area contributed by atoms with E-state index in [2.05, 4.69) is 5.10 Å². The molecule has 23 heavy (non-hydrogen) atoms. The molecule has 0 saturated heterocycles. The van der Waals surface area contributed by atoms with Crippen molar-refractivity contribution >= 4 is 11.6 Å². The number of hydrogen-bond donors (Lipinski definition) is 1. The Hall–Kier alpha value is -2.09. The van der Waals surface area contributed by atoms with Gasteiger partial charge in [-0.1, -0.05) is 13.8 Å². The average Bonchev–Trinajstić information content (AvgIpc) is 2.86. The number of benzene rings is 1. The molecule has 0 aliphatic carbocycles. The summed E-state index contributed by atoms with van der Waals surface area (Å²) in [6.07, 6.45) is -5.77. The first kappa shape index (κ1) is 17.3. The quantitative estimate of drug-likeness (QED) is 0.927. The standard InChI is InChI=1S/C15H17F3N2O3/c1-9(2)12-8-14(22,15(16,17)18)20(19-12)13(21)10-4-6-11(23-3)7-5-10/h4-7,9,22H,8H2,1-3H3/t14-/m1/s1. The Balaban J connectivity index is 2.41. The molecule has 1 heterocycles. The third-order valence-corrected chi connectivity index (χ3v) is 3.66. The van der Waals surface area contributed by atoms with E-state index in [1.165, 1.54) is 31.4 Å². The van der Waals surface area contributed by atoms with Crippen LogP contribution >= 0.6 is 0 Å². The molecule has 5 nitrogen and oxygen atoms in total. The molecule has 126 valence electrons. The fourth-order valence-corrected chi connectivity index (χ4v) is 2.18. The van der Waals surface area contributed by atoms with Gasteiger partial charge in [0.1, 0.15) is 5.75 Å². The zero-order valence-corrected chi connectivity index (χ0v) is 12.9. The number of carbonyl (C=O) groups excluding carboxylic acids is 1. The van der Waals surface area contributed by atoms with Gasteiger partial charge in [0.15, 0.2) is 0 Å². The molecule has 0 aromatic heterocycles. The van der Waals surface area contributed by atoms with Crippen molar-refractivity contribution in [3.05, 3.63) is 29.8 Å². The van der Waals surface area contributed by atoms with Crippen LogP contribution in [0.1, 0.15) is 30.6 Å². The highest BCUT2D eigenvalue weighted by Crippen LogP contribution is 2.42. The third-order valence-electron chi connectivity index (χ3n) is 3.66. The number of ether oxygens (including phenoxy) is 1. The number of nitrogens with zero attached hydrogens (tertiary/aromatic N) is 2. The number of rotatable bonds is 3. The number of halogens is 3. The Labute approximate surface area is 131 Å². The van der Waals surface area contributed by atoms with Gasteiger partial charge in [0, 0.05) is 17.7 Å². The summed E-state index contributed by atoms with van der Waals surface area (Å²) in [6, 6.07) is 5.54. The van der Waals surface area contributed by atoms with Gasteiger partial charge < -0.3 is 9.84 Å². The monoisotopic (exact) mass is 330 g/mol. The second-order valence-corrected chi connectivity index (χ2v) is 5.58. The number of hydrazone groups is 1. The Morgan fingerprint density at radius 1 is 1.35 bits per heavy atom. The van der Waals surface area contributed by atoms with Crippen molar-refractivity contribution in [2.75, 3.05) is 7.11 Å². The predicted molar refractivity (Wildman–Crippen MR) is 77.1 cm³/mol. The number of alkyl halides is 3. The smallest absolute Gasteiger partial charge is 0.438 e. The summed E-state index contributed by atoms with van der Waals surface area (Å²) in [6.45, 7) is 3.30. The molecule has 1 aromatic rings. The molecular formula is C15H17F3N2O3. The summed E-state index contributed by atoms with van der Waals surface area (Å²) in [5, 5.41) is 13.9. The molecule has 0 saturated carbocycles. The lowest BCUT2D eigenvalue weighted by Crippen LogP contribution is -2.56. The van der Waals surface area contributed by atoms with Crippen LogP contribution in [0.5, 0.6) is 5.75 Å². The van der Waals surface area contributed by atoms with Gasteiger partial charge in [-0.3, -0.25) is 4.79 Å². The second-order valence-electron chi connectivity index (χ2n) is 5.58. The molecule has 2 rings (SSSR count). The molecule has 0 unspecified atom stereocenters. The van der Waals surface area contributed by atoms with E-state index in [0.717, 1.165) is 0 Å². The van der Waals surface area contributed by atoms with Gasteiger partial charge in [-0.05, 0) is 30.2 Å². The van der Waals surface area contributed by atoms with E-state index < -0.39 is 24.2 Å². The maximum atomic E-state index is 13.3. The highest BCUT2D eigenvalue weighted by Gasteiger charge is 2.63. The summed E-state index contributed by atoms with van der Waals surface area (Å²) in [4.78, 5) is 12.4. The van der Waals surface area contributed by atoms with Crippen molar-refractivity contribution in [3.8, 4) is 5.75 Å². The first-order valence-corrected chi connectivity index (χ1v) is 6.95. The summed E-state index contributed by atoms with van der Waals surface area (Å²) >= 11 is 0. The largest absolute Gasteiger partial charge is 0.497 e. The van der Waals surface area contributed by atoms with Gasteiger partial charge in [-0.2, -0.15) is 23.3 Å². The molecule has 1 N–H and O–H groups in total. The fourth-order valence-electron chi connectivity index (χ4n) is 2.18. The van der Waals surface area contributed by atoms with Crippen molar-refractivity contribution in [1.29, 1.82) is 0 Å². The summed E-state index contributed by atoms with van der Waals surface area (Å²) in [5.41, 5.74) is -3.24. The van der Waals surface area contributed by atoms with Crippen LogP contribution in [-0.4, -0.2) is 40.7 Å². The van der Waals surface area contributed by atoms with Crippen LogP contribution in [0.4, 0.5) is 13.2 Å². The Kier molecular flexibility index (Phi) is 4.39. The molecule has 1 aliphatic rings. The van der Waals surface area contributed by atoms with Crippen molar-refractivity contribution in [2.45, 2.75) is 32.2 Å². The predicted octanol–water partition coefficient (Wildman–Crippen LogP) is 2.80. The van der Waals surface area contributed by atoms with Crippen LogP contribution in [-0.2, 0) is 0 Å². The van der Waals surface area contributed by atoms with E-state index in [-0.39, 0.29) is 22.2 Å². The summed E-state index contributed by atoms with van der Waals surface area (Å²) < 4.78 is 44.8. The van der Waals surface area contributed by atoms with Gasteiger partial charge in [-0.25, -0.2) is 0 Å². The van der Waals surface area contributed by atoms with Crippen molar-refractivity contribution in [2.24, 2.45) is 11.0 Å². The summed E-state index contributed by atoms with van der Waals surface area (Å²) in [5.74, 6) is -0.888. The first-order valence-electron chi connectivity index (χ1n) is 6.95. The van der Waals surface area contributed by atoms with Crippen molar-refractivity contribution in [3.63, 3.8) is 0 Å². The molecule has 1 aliphatic heterocycles. The van der Waals surface area contributed by atoms with Crippen LogP contribution in [0.2, 0.25) is 0 Å². The normalized spacial score (nSPS) is 21.6. The van der Waals surface area contributed by atoms with Crippen LogP contribution in [0.25, 0.3) is 0 Å². The van der Waals surface area contributed by atoms with Crippen LogP contribution in [0.15, 0.2) is 29.4 Å². The Bertz CT molecular complexity index is 626. The highest BCUT2D eigenvalue weighted by molar-refractivity contribution is 5.98. The van der Waals surface area contributed by atoms with E-state index in [4.69, 9.17) is 4.74 Å². The third kappa shape index (κ3) is 3.03. The number of methoxy groups -OCH3 is 1. The van der Waals surface area contributed by atoms with Gasteiger partial charge in [-0.15, -0.1) is 0 Å². The molecule has 0 bridgehead atoms. The van der Waals surface area contributed by atoms with E-state index in [1.54, 1.807) is 13.8 Å². The number of aliphatic hydroxyl groups is 1. The summed E-state index contributed by atoms with van der Waals surface area (Å²) in [7, 11) is 1.43. The number of amides is 1. The van der Waals surface area contributed by atoms with E-state index in [0.29, 0.717) is 5.75 Å². The minimum atomic E-state index is -5.02. The number of carbonyl (C=O) groups is 1. The van der Waals surface area contributed by atoms with Crippen molar-refractivity contribution < 1.29 is 27.8 Å². The lowest BCUT2D eigenvalue weighted by Gasteiger charge is -2.32. The van der Waals surface area contributed by atoms with Crippen molar-refractivity contribution in [1.82, 2.24) is 5.01 Å². The minimum absolute atomic E-state index is 0.0257. The molecule has 0 fully saturated rings. The maximum Gasteiger partial charge on any atom is 0.438 e. The lowest BCUT2D eigenvalue weighted by atomic mass is 9.99.